The van der Waals surface area contributed by atoms with Gasteiger partial charge in [0.1, 0.15) is 10.7 Å². The van der Waals surface area contributed by atoms with E-state index < -0.39 is 10.0 Å². The molecule has 0 fully saturated rings. The van der Waals surface area contributed by atoms with E-state index >= 15 is 0 Å². The lowest BCUT2D eigenvalue weighted by Gasteiger charge is -2.09. The Kier molecular flexibility index (Phi) is 4.44. The zero-order valence-electron chi connectivity index (χ0n) is 11.2. The van der Waals surface area contributed by atoms with Gasteiger partial charge in [0, 0.05) is 11.3 Å². The van der Waals surface area contributed by atoms with Crippen LogP contribution in [0.4, 0.5) is 5.69 Å². The number of thiocarbonyl (C=S) groups is 1. The lowest BCUT2D eigenvalue weighted by molar-refractivity contribution is 0.415. The van der Waals surface area contributed by atoms with E-state index in [1.54, 1.807) is 43.5 Å². The van der Waals surface area contributed by atoms with Gasteiger partial charge in [-0.1, -0.05) is 24.4 Å². The molecule has 2 aromatic rings. The van der Waals surface area contributed by atoms with Crippen molar-refractivity contribution in [2.45, 2.75) is 4.90 Å². The van der Waals surface area contributed by atoms with Crippen LogP contribution in [0.5, 0.6) is 5.75 Å². The first-order chi connectivity index (χ1) is 9.92. The van der Waals surface area contributed by atoms with Gasteiger partial charge in [0.25, 0.3) is 10.0 Å². The van der Waals surface area contributed by atoms with Crippen LogP contribution in [-0.4, -0.2) is 20.5 Å². The smallest absolute Gasteiger partial charge is 0.261 e. The van der Waals surface area contributed by atoms with Crippen molar-refractivity contribution in [1.82, 2.24) is 0 Å². The van der Waals surface area contributed by atoms with Crippen LogP contribution >= 0.6 is 12.2 Å². The molecule has 5 nitrogen and oxygen atoms in total. The lowest BCUT2D eigenvalue weighted by atomic mass is 10.2. The Hall–Kier alpha value is -2.12. The second-order valence-corrected chi connectivity index (χ2v) is 6.35. The predicted molar refractivity (Wildman–Crippen MR) is 86.1 cm³/mol. The van der Waals surface area contributed by atoms with Crippen LogP contribution in [0.25, 0.3) is 0 Å². The van der Waals surface area contributed by atoms with E-state index in [0.29, 0.717) is 17.0 Å². The Morgan fingerprint density at radius 2 is 1.86 bits per heavy atom. The third kappa shape index (κ3) is 3.71. The fourth-order valence-corrected chi connectivity index (χ4v) is 2.92. The largest absolute Gasteiger partial charge is 0.497 e. The van der Waals surface area contributed by atoms with E-state index in [-0.39, 0.29) is 9.88 Å². The van der Waals surface area contributed by atoms with Gasteiger partial charge in [-0.05, 0) is 36.4 Å². The second kappa shape index (κ2) is 6.11. The van der Waals surface area contributed by atoms with Crippen molar-refractivity contribution in [3.8, 4) is 5.75 Å². The molecule has 0 amide bonds. The first kappa shape index (κ1) is 15.3. The molecule has 0 aliphatic rings. The molecule has 0 aliphatic carbocycles. The van der Waals surface area contributed by atoms with Crippen molar-refractivity contribution in [2.75, 3.05) is 11.8 Å². The first-order valence-corrected chi connectivity index (χ1v) is 7.88. The normalized spacial score (nSPS) is 10.9. The Bertz CT molecular complexity index is 756. The zero-order valence-corrected chi connectivity index (χ0v) is 12.9. The number of methoxy groups -OCH3 is 1. The molecule has 0 saturated carbocycles. The summed E-state index contributed by atoms with van der Waals surface area (Å²) >= 11 is 4.85. The first-order valence-electron chi connectivity index (χ1n) is 5.99. The summed E-state index contributed by atoms with van der Waals surface area (Å²) < 4.78 is 32.1. The van der Waals surface area contributed by atoms with Gasteiger partial charge in [-0.2, -0.15) is 0 Å². The third-order valence-corrected chi connectivity index (χ3v) is 4.39. The summed E-state index contributed by atoms with van der Waals surface area (Å²) in [5.41, 5.74) is 6.46. The van der Waals surface area contributed by atoms with Crippen molar-refractivity contribution in [2.24, 2.45) is 5.73 Å². The molecule has 0 aromatic heterocycles. The molecule has 2 rings (SSSR count). The minimum Gasteiger partial charge on any atom is -0.497 e. The molecule has 0 unspecified atom stereocenters. The van der Waals surface area contributed by atoms with Gasteiger partial charge in [0.05, 0.1) is 12.0 Å². The van der Waals surface area contributed by atoms with E-state index in [4.69, 9.17) is 22.7 Å². The topological polar surface area (TPSA) is 81.4 Å². The molecular weight excluding hydrogens is 308 g/mol. The summed E-state index contributed by atoms with van der Waals surface area (Å²) in [6.07, 6.45) is 0. The van der Waals surface area contributed by atoms with Crippen molar-refractivity contribution >= 4 is 32.9 Å². The summed E-state index contributed by atoms with van der Waals surface area (Å²) in [6.45, 7) is 0. The van der Waals surface area contributed by atoms with Gasteiger partial charge in [-0.3, -0.25) is 4.72 Å². The molecule has 2 aromatic carbocycles. The average molecular weight is 322 g/mol. The van der Waals surface area contributed by atoms with Crippen LogP contribution in [0.1, 0.15) is 5.56 Å². The highest BCUT2D eigenvalue weighted by molar-refractivity contribution is 7.92. The number of hydrogen-bond acceptors (Lipinski definition) is 4. The minimum absolute atomic E-state index is 0.101. The molecule has 0 radical (unpaired) electrons. The highest BCUT2D eigenvalue weighted by Gasteiger charge is 2.15. The van der Waals surface area contributed by atoms with Crippen molar-refractivity contribution in [3.63, 3.8) is 0 Å². The Labute approximate surface area is 128 Å². The molecule has 0 bridgehead atoms. The fraction of sp³-hybridized carbons (Fsp3) is 0.0714. The van der Waals surface area contributed by atoms with Gasteiger partial charge < -0.3 is 10.5 Å². The molecule has 7 heteroatoms. The number of ether oxygens (including phenoxy) is 1. The highest BCUT2D eigenvalue weighted by atomic mass is 32.2. The molecule has 3 N–H and O–H groups in total. The molecule has 0 atom stereocenters. The SMILES string of the molecule is COc1ccc(NS(=O)(=O)c2cccc(C(N)=S)c2)cc1. The van der Waals surface area contributed by atoms with Crippen LogP contribution in [0.3, 0.4) is 0 Å². The zero-order chi connectivity index (χ0) is 15.5. The number of rotatable bonds is 5. The summed E-state index contributed by atoms with van der Waals surface area (Å²) in [5, 5.41) is 0. The van der Waals surface area contributed by atoms with Crippen molar-refractivity contribution in [3.05, 3.63) is 54.1 Å². The molecule has 0 spiro atoms. The quantitative estimate of drug-likeness (QED) is 0.824. The van der Waals surface area contributed by atoms with E-state index in [1.165, 1.54) is 12.1 Å². The number of nitrogens with one attached hydrogen (secondary N) is 1. The monoisotopic (exact) mass is 322 g/mol. The maximum Gasteiger partial charge on any atom is 0.261 e. The molecule has 0 saturated heterocycles. The maximum absolute atomic E-state index is 12.3. The summed E-state index contributed by atoms with van der Waals surface area (Å²) in [6, 6.07) is 12.8. The Morgan fingerprint density at radius 1 is 1.19 bits per heavy atom. The van der Waals surface area contributed by atoms with Gasteiger partial charge in [0.15, 0.2) is 0 Å². The summed E-state index contributed by atoms with van der Waals surface area (Å²) in [5.74, 6) is 0.647. The molecule has 110 valence electrons. The van der Waals surface area contributed by atoms with Crippen molar-refractivity contribution < 1.29 is 13.2 Å². The van der Waals surface area contributed by atoms with Gasteiger partial charge in [-0.25, -0.2) is 8.42 Å². The highest BCUT2D eigenvalue weighted by Crippen LogP contribution is 2.19. The lowest BCUT2D eigenvalue weighted by Crippen LogP contribution is -2.15. The number of hydrogen-bond donors (Lipinski definition) is 2. The number of nitrogens with two attached hydrogens (primary N) is 1. The Morgan fingerprint density at radius 3 is 2.43 bits per heavy atom. The van der Waals surface area contributed by atoms with Crippen LogP contribution in [-0.2, 0) is 10.0 Å². The third-order valence-electron chi connectivity index (χ3n) is 2.77. The average Bonchev–Trinajstić information content (AvgIpc) is 2.48. The summed E-state index contributed by atoms with van der Waals surface area (Å²) in [4.78, 5) is 0.250. The molecule has 0 heterocycles. The molecular formula is C14H14N2O3S2. The second-order valence-electron chi connectivity index (χ2n) is 4.23. The molecule has 0 aliphatic heterocycles. The number of sulfonamides is 1. The predicted octanol–water partition coefficient (Wildman–Crippen LogP) is 2.13. The number of benzene rings is 2. The minimum atomic E-state index is -3.69. The van der Waals surface area contributed by atoms with Crippen LogP contribution in [0, 0.1) is 0 Å². The number of anilines is 1. The molecule has 21 heavy (non-hydrogen) atoms. The van der Waals surface area contributed by atoms with Gasteiger partial charge in [0.2, 0.25) is 0 Å². The van der Waals surface area contributed by atoms with Gasteiger partial charge in [-0.15, -0.1) is 0 Å². The van der Waals surface area contributed by atoms with E-state index in [9.17, 15) is 8.42 Å². The van der Waals surface area contributed by atoms with Crippen LogP contribution < -0.4 is 15.2 Å². The Balaban J connectivity index is 2.29. The fourth-order valence-electron chi connectivity index (χ4n) is 1.69. The van der Waals surface area contributed by atoms with Crippen molar-refractivity contribution in [1.29, 1.82) is 0 Å². The van der Waals surface area contributed by atoms with E-state index in [1.807, 2.05) is 0 Å². The van der Waals surface area contributed by atoms with E-state index in [0.717, 1.165) is 0 Å². The summed E-state index contributed by atoms with van der Waals surface area (Å²) in [7, 11) is -2.15. The maximum atomic E-state index is 12.3. The van der Waals surface area contributed by atoms with Crippen LogP contribution in [0.15, 0.2) is 53.4 Å². The van der Waals surface area contributed by atoms with Crippen LogP contribution in [0.2, 0.25) is 0 Å². The standard InChI is InChI=1S/C14H14N2O3S2/c1-19-12-7-5-11(6-8-12)16-21(17,18)13-4-2-3-10(9-13)14(15)20/h2-9,16H,1H3,(H2,15,20). The van der Waals surface area contributed by atoms with Gasteiger partial charge >= 0.3 is 0 Å². The van der Waals surface area contributed by atoms with E-state index in [2.05, 4.69) is 4.72 Å².